The predicted molar refractivity (Wildman–Crippen MR) is 52.3 cm³/mol. The van der Waals surface area contributed by atoms with Crippen molar-refractivity contribution in [2.24, 2.45) is 11.5 Å². The molecule has 5 N–H and O–H groups in total. The SMILES string of the molecule is CCC(NC(N)(N)CC)N(C)C. The van der Waals surface area contributed by atoms with E-state index in [2.05, 4.69) is 17.1 Å². The van der Waals surface area contributed by atoms with Gasteiger partial charge in [-0.05, 0) is 26.9 Å². The fourth-order valence-corrected chi connectivity index (χ4v) is 1.01. The van der Waals surface area contributed by atoms with Gasteiger partial charge in [-0.25, -0.2) is 0 Å². The van der Waals surface area contributed by atoms with E-state index in [0.29, 0.717) is 0 Å². The molecule has 0 radical (unpaired) electrons. The molecule has 0 fully saturated rings. The number of hydrogen-bond acceptors (Lipinski definition) is 4. The zero-order valence-corrected chi connectivity index (χ0v) is 8.59. The highest BCUT2D eigenvalue weighted by Crippen LogP contribution is 2.00. The van der Waals surface area contributed by atoms with Crippen LogP contribution in [0.15, 0.2) is 0 Å². The molecular weight excluding hydrogens is 152 g/mol. The van der Waals surface area contributed by atoms with Crippen LogP contribution in [-0.2, 0) is 0 Å². The first-order chi connectivity index (χ1) is 5.43. The molecule has 0 aliphatic rings. The van der Waals surface area contributed by atoms with Crippen LogP contribution in [-0.4, -0.2) is 30.9 Å². The molecule has 4 nitrogen and oxygen atoms in total. The van der Waals surface area contributed by atoms with Gasteiger partial charge in [-0.1, -0.05) is 13.8 Å². The summed E-state index contributed by atoms with van der Waals surface area (Å²) in [6.45, 7) is 4.07. The summed E-state index contributed by atoms with van der Waals surface area (Å²) in [6, 6.07) is 0. The Hall–Kier alpha value is -0.160. The van der Waals surface area contributed by atoms with E-state index in [1.807, 2.05) is 21.0 Å². The summed E-state index contributed by atoms with van der Waals surface area (Å²) in [6.07, 6.45) is 1.96. The summed E-state index contributed by atoms with van der Waals surface area (Å²) < 4.78 is 0. The maximum absolute atomic E-state index is 5.77. The van der Waals surface area contributed by atoms with E-state index < -0.39 is 5.79 Å². The summed E-state index contributed by atoms with van der Waals surface area (Å²) in [5, 5.41) is 3.17. The molecule has 4 heteroatoms. The minimum Gasteiger partial charge on any atom is -0.301 e. The summed E-state index contributed by atoms with van der Waals surface area (Å²) >= 11 is 0. The van der Waals surface area contributed by atoms with E-state index in [9.17, 15) is 0 Å². The lowest BCUT2D eigenvalue weighted by Crippen LogP contribution is -2.65. The lowest BCUT2D eigenvalue weighted by Gasteiger charge is -2.33. The van der Waals surface area contributed by atoms with Gasteiger partial charge in [0, 0.05) is 0 Å². The first-order valence-electron chi connectivity index (χ1n) is 4.44. The van der Waals surface area contributed by atoms with Gasteiger partial charge in [-0.3, -0.25) is 10.2 Å². The molecule has 0 saturated carbocycles. The van der Waals surface area contributed by atoms with Crippen LogP contribution in [0.25, 0.3) is 0 Å². The van der Waals surface area contributed by atoms with Gasteiger partial charge in [-0.15, -0.1) is 0 Å². The van der Waals surface area contributed by atoms with Gasteiger partial charge in [0.05, 0.1) is 6.17 Å². The topological polar surface area (TPSA) is 67.3 Å². The number of nitrogens with zero attached hydrogens (tertiary/aromatic N) is 1. The van der Waals surface area contributed by atoms with Crippen molar-refractivity contribution in [1.29, 1.82) is 0 Å². The molecular formula is C8H22N4. The minimum absolute atomic E-state index is 0.250. The Morgan fingerprint density at radius 2 is 1.83 bits per heavy atom. The Morgan fingerprint density at radius 1 is 1.33 bits per heavy atom. The average molecular weight is 174 g/mol. The molecule has 0 aromatic rings. The fraction of sp³-hybridized carbons (Fsp3) is 1.00. The number of nitrogens with two attached hydrogens (primary N) is 2. The first-order valence-corrected chi connectivity index (χ1v) is 4.44. The summed E-state index contributed by atoms with van der Waals surface area (Å²) in [4.78, 5) is 2.07. The summed E-state index contributed by atoms with van der Waals surface area (Å²) in [5.74, 6) is -0.745. The third-order valence-electron chi connectivity index (χ3n) is 2.03. The zero-order chi connectivity index (χ0) is 9.78. The maximum Gasteiger partial charge on any atom is 0.119 e. The average Bonchev–Trinajstić information content (AvgIpc) is 2.00. The lowest BCUT2D eigenvalue weighted by molar-refractivity contribution is 0.169. The molecule has 0 saturated heterocycles. The Labute approximate surface area is 75.3 Å². The van der Waals surface area contributed by atoms with Crippen LogP contribution >= 0.6 is 0 Å². The van der Waals surface area contributed by atoms with Gasteiger partial charge < -0.3 is 11.5 Å². The van der Waals surface area contributed by atoms with E-state index in [0.717, 1.165) is 12.8 Å². The zero-order valence-electron chi connectivity index (χ0n) is 8.59. The van der Waals surface area contributed by atoms with Crippen molar-refractivity contribution in [1.82, 2.24) is 10.2 Å². The first kappa shape index (κ1) is 11.8. The monoisotopic (exact) mass is 174 g/mol. The highest BCUT2D eigenvalue weighted by atomic mass is 15.3. The molecule has 1 atom stereocenters. The van der Waals surface area contributed by atoms with Gasteiger partial charge >= 0.3 is 0 Å². The molecule has 0 bridgehead atoms. The van der Waals surface area contributed by atoms with Crippen LogP contribution in [0.3, 0.4) is 0 Å². The molecule has 0 aromatic carbocycles. The van der Waals surface area contributed by atoms with Crippen molar-refractivity contribution in [3.63, 3.8) is 0 Å². The maximum atomic E-state index is 5.77. The predicted octanol–water partition coefficient (Wildman–Crippen LogP) is -0.145. The lowest BCUT2D eigenvalue weighted by atomic mass is 10.2. The molecule has 0 spiro atoms. The molecule has 0 aliphatic carbocycles. The van der Waals surface area contributed by atoms with E-state index in [1.165, 1.54) is 0 Å². The second-order valence-corrected chi connectivity index (χ2v) is 3.43. The molecule has 12 heavy (non-hydrogen) atoms. The Bertz CT molecular complexity index is 122. The smallest absolute Gasteiger partial charge is 0.119 e. The number of rotatable bonds is 5. The number of nitrogens with one attached hydrogen (secondary N) is 1. The van der Waals surface area contributed by atoms with Crippen molar-refractivity contribution >= 4 is 0 Å². The van der Waals surface area contributed by atoms with Crippen LogP contribution in [0.1, 0.15) is 26.7 Å². The second-order valence-electron chi connectivity index (χ2n) is 3.43. The van der Waals surface area contributed by atoms with Crippen molar-refractivity contribution < 1.29 is 0 Å². The van der Waals surface area contributed by atoms with Crippen molar-refractivity contribution in [3.05, 3.63) is 0 Å². The Kier molecular flexibility index (Phi) is 4.70. The molecule has 0 aromatic heterocycles. The van der Waals surface area contributed by atoms with Gasteiger partial charge in [-0.2, -0.15) is 0 Å². The standard InChI is InChI=1S/C8H22N4/c1-5-7(12(3)4)11-8(9,10)6-2/h7,11H,5-6,9-10H2,1-4H3. The van der Waals surface area contributed by atoms with Crippen LogP contribution in [0.5, 0.6) is 0 Å². The molecule has 1 unspecified atom stereocenters. The van der Waals surface area contributed by atoms with Crippen LogP contribution < -0.4 is 16.8 Å². The third-order valence-corrected chi connectivity index (χ3v) is 2.03. The molecule has 0 heterocycles. The quantitative estimate of drug-likeness (QED) is 0.507. The summed E-state index contributed by atoms with van der Waals surface area (Å²) in [7, 11) is 4.01. The van der Waals surface area contributed by atoms with Crippen LogP contribution in [0, 0.1) is 0 Å². The van der Waals surface area contributed by atoms with E-state index >= 15 is 0 Å². The summed E-state index contributed by atoms with van der Waals surface area (Å²) in [5.41, 5.74) is 11.5. The fourth-order valence-electron chi connectivity index (χ4n) is 1.01. The van der Waals surface area contributed by atoms with E-state index in [4.69, 9.17) is 11.5 Å². The largest absolute Gasteiger partial charge is 0.301 e. The molecule has 74 valence electrons. The minimum atomic E-state index is -0.745. The highest BCUT2D eigenvalue weighted by molar-refractivity contribution is 4.76. The van der Waals surface area contributed by atoms with Gasteiger partial charge in [0.15, 0.2) is 0 Å². The van der Waals surface area contributed by atoms with Gasteiger partial charge in [0.1, 0.15) is 5.79 Å². The second kappa shape index (κ2) is 4.77. The number of hydrogen-bond donors (Lipinski definition) is 3. The molecule has 0 aliphatic heterocycles. The van der Waals surface area contributed by atoms with Gasteiger partial charge in [0.25, 0.3) is 0 Å². The van der Waals surface area contributed by atoms with Crippen molar-refractivity contribution in [2.75, 3.05) is 14.1 Å². The normalized spacial score (nSPS) is 15.2. The van der Waals surface area contributed by atoms with Crippen LogP contribution in [0.4, 0.5) is 0 Å². The Balaban J connectivity index is 4.01. The third kappa shape index (κ3) is 4.01. The van der Waals surface area contributed by atoms with Crippen molar-refractivity contribution in [2.45, 2.75) is 38.6 Å². The van der Waals surface area contributed by atoms with Crippen molar-refractivity contribution in [3.8, 4) is 0 Å². The van der Waals surface area contributed by atoms with E-state index in [1.54, 1.807) is 0 Å². The van der Waals surface area contributed by atoms with Crippen LogP contribution in [0.2, 0.25) is 0 Å². The van der Waals surface area contributed by atoms with E-state index in [-0.39, 0.29) is 6.17 Å². The van der Waals surface area contributed by atoms with Gasteiger partial charge in [0.2, 0.25) is 0 Å². The molecule has 0 amide bonds. The highest BCUT2D eigenvalue weighted by Gasteiger charge is 2.20. The Morgan fingerprint density at radius 3 is 2.08 bits per heavy atom. The molecule has 0 rings (SSSR count).